The minimum atomic E-state index is -0.205. The van der Waals surface area contributed by atoms with E-state index in [0.29, 0.717) is 41.3 Å². The molecule has 168 valence electrons. The van der Waals surface area contributed by atoms with Crippen LogP contribution in [0, 0.1) is 5.92 Å². The second kappa shape index (κ2) is 10.9. The van der Waals surface area contributed by atoms with Crippen molar-refractivity contribution in [2.75, 3.05) is 31.6 Å². The van der Waals surface area contributed by atoms with E-state index >= 15 is 0 Å². The molecule has 2 N–H and O–H groups in total. The number of rotatable bonds is 8. The Morgan fingerprint density at radius 3 is 2.81 bits per heavy atom. The highest BCUT2D eigenvalue weighted by molar-refractivity contribution is 6.42. The summed E-state index contributed by atoms with van der Waals surface area (Å²) >= 11 is 12.1. The number of aromatic nitrogens is 1. The highest BCUT2D eigenvalue weighted by Crippen LogP contribution is 2.23. The van der Waals surface area contributed by atoms with Gasteiger partial charge < -0.3 is 19.9 Å². The minimum Gasteiger partial charge on any atom is -0.374 e. The molecule has 0 saturated carbocycles. The zero-order chi connectivity index (χ0) is 22.4. The van der Waals surface area contributed by atoms with Gasteiger partial charge in [0.25, 0.3) is 0 Å². The van der Waals surface area contributed by atoms with Gasteiger partial charge in [-0.15, -0.1) is 0 Å². The third-order valence-corrected chi connectivity index (χ3v) is 5.55. The van der Waals surface area contributed by atoms with Gasteiger partial charge in [-0.3, -0.25) is 14.5 Å². The molecule has 0 aliphatic carbocycles. The summed E-state index contributed by atoms with van der Waals surface area (Å²) < 4.78 is 10.9. The number of carbonyl (C=O) groups is 2. The molecule has 1 aliphatic heterocycles. The molecule has 1 aromatic heterocycles. The maximum absolute atomic E-state index is 12.3. The van der Waals surface area contributed by atoms with Gasteiger partial charge in [0, 0.05) is 38.2 Å². The lowest BCUT2D eigenvalue weighted by molar-refractivity contribution is -0.122. The number of hydrogen-bond acceptors (Lipinski definition) is 6. The first kappa shape index (κ1) is 23.5. The van der Waals surface area contributed by atoms with Crippen LogP contribution in [0.1, 0.15) is 25.2 Å². The summed E-state index contributed by atoms with van der Waals surface area (Å²) in [5.74, 6) is 0.139. The lowest BCUT2D eigenvalue weighted by Gasteiger charge is -2.33. The van der Waals surface area contributed by atoms with Crippen molar-refractivity contribution in [3.8, 4) is 0 Å². The van der Waals surface area contributed by atoms with E-state index in [1.165, 1.54) is 0 Å². The predicted molar refractivity (Wildman–Crippen MR) is 118 cm³/mol. The SMILES string of the molecule is CC(C)C(=O)Nc1cc(CC(=O)NC[C@H]2CN(Cc3ccc(Cl)c(Cl)c3)CCO2)on1. The van der Waals surface area contributed by atoms with Gasteiger partial charge in [0.15, 0.2) is 5.82 Å². The van der Waals surface area contributed by atoms with E-state index in [0.717, 1.165) is 18.7 Å². The number of ether oxygens (including phenoxy) is 1. The summed E-state index contributed by atoms with van der Waals surface area (Å²) in [6.07, 6.45) is -0.0827. The average Bonchev–Trinajstić information content (AvgIpc) is 3.16. The Labute approximate surface area is 191 Å². The van der Waals surface area contributed by atoms with Crippen LogP contribution in [0.4, 0.5) is 5.82 Å². The molecule has 1 aliphatic rings. The molecule has 2 heterocycles. The molecule has 1 fully saturated rings. The molecule has 3 rings (SSSR count). The number of halogens is 2. The number of carbonyl (C=O) groups excluding carboxylic acids is 2. The number of benzene rings is 1. The van der Waals surface area contributed by atoms with Crippen LogP contribution in [-0.2, 0) is 27.3 Å². The van der Waals surface area contributed by atoms with Gasteiger partial charge in [-0.25, -0.2) is 0 Å². The molecule has 0 bridgehead atoms. The van der Waals surface area contributed by atoms with Crippen molar-refractivity contribution in [3.63, 3.8) is 0 Å². The van der Waals surface area contributed by atoms with Crippen molar-refractivity contribution < 1.29 is 18.8 Å². The van der Waals surface area contributed by atoms with E-state index in [2.05, 4.69) is 20.7 Å². The van der Waals surface area contributed by atoms with E-state index < -0.39 is 0 Å². The largest absolute Gasteiger partial charge is 0.374 e. The van der Waals surface area contributed by atoms with Crippen molar-refractivity contribution in [1.82, 2.24) is 15.4 Å². The molecule has 10 heteroatoms. The summed E-state index contributed by atoms with van der Waals surface area (Å²) in [6.45, 7) is 6.76. The van der Waals surface area contributed by atoms with Crippen molar-refractivity contribution in [2.24, 2.45) is 5.92 Å². The Bertz CT molecular complexity index is 919. The Balaban J connectivity index is 1.43. The standard InChI is InChI=1S/C21H26Cl2N4O4/c1-13(2)21(29)25-19-8-15(31-26-19)9-20(28)24-10-16-12-27(5-6-30-16)11-14-3-4-17(22)18(23)7-14/h3-4,7-8,13,16H,5-6,9-12H2,1-2H3,(H,24,28)(H,25,26,29)/t16-/m0/s1. The topological polar surface area (TPSA) is 96.7 Å². The first-order valence-corrected chi connectivity index (χ1v) is 10.9. The van der Waals surface area contributed by atoms with Gasteiger partial charge >= 0.3 is 0 Å². The Morgan fingerprint density at radius 1 is 1.26 bits per heavy atom. The zero-order valence-electron chi connectivity index (χ0n) is 17.5. The minimum absolute atomic E-state index is 0.0320. The number of amides is 2. The van der Waals surface area contributed by atoms with Gasteiger partial charge in [0.2, 0.25) is 11.8 Å². The van der Waals surface area contributed by atoms with Crippen molar-refractivity contribution in [2.45, 2.75) is 32.9 Å². The molecule has 0 spiro atoms. The predicted octanol–water partition coefficient (Wildman–Crippen LogP) is 3.14. The lowest BCUT2D eigenvalue weighted by Crippen LogP contribution is -2.47. The molecule has 1 atom stereocenters. The molecule has 1 saturated heterocycles. The molecule has 0 unspecified atom stereocenters. The van der Waals surface area contributed by atoms with Gasteiger partial charge in [0.1, 0.15) is 5.76 Å². The number of nitrogens with one attached hydrogen (secondary N) is 2. The quantitative estimate of drug-likeness (QED) is 0.617. The van der Waals surface area contributed by atoms with Gasteiger partial charge in [-0.05, 0) is 17.7 Å². The third kappa shape index (κ3) is 7.21. The van der Waals surface area contributed by atoms with Gasteiger partial charge in [-0.1, -0.05) is 48.3 Å². The first-order valence-electron chi connectivity index (χ1n) is 10.1. The molecular formula is C21H26Cl2N4O4. The number of anilines is 1. The average molecular weight is 469 g/mol. The normalized spacial score (nSPS) is 17.0. The molecular weight excluding hydrogens is 443 g/mol. The Kier molecular flexibility index (Phi) is 8.31. The van der Waals surface area contributed by atoms with Crippen LogP contribution in [-0.4, -0.2) is 54.2 Å². The second-order valence-corrected chi connectivity index (χ2v) is 8.59. The maximum atomic E-state index is 12.3. The molecule has 0 radical (unpaired) electrons. The fourth-order valence-electron chi connectivity index (χ4n) is 3.12. The van der Waals surface area contributed by atoms with Crippen LogP contribution in [0.2, 0.25) is 10.0 Å². The van der Waals surface area contributed by atoms with E-state index in [9.17, 15) is 9.59 Å². The summed E-state index contributed by atoms with van der Waals surface area (Å²) in [4.78, 5) is 26.2. The third-order valence-electron chi connectivity index (χ3n) is 4.81. The highest BCUT2D eigenvalue weighted by Gasteiger charge is 2.22. The second-order valence-electron chi connectivity index (χ2n) is 7.78. The number of nitrogens with zero attached hydrogens (tertiary/aromatic N) is 2. The van der Waals surface area contributed by atoms with E-state index in [1.807, 2.05) is 12.1 Å². The summed E-state index contributed by atoms with van der Waals surface area (Å²) in [7, 11) is 0. The van der Waals surface area contributed by atoms with Crippen LogP contribution in [0.3, 0.4) is 0 Å². The highest BCUT2D eigenvalue weighted by atomic mass is 35.5. The monoisotopic (exact) mass is 468 g/mol. The zero-order valence-corrected chi connectivity index (χ0v) is 19.0. The Hall–Kier alpha value is -2.13. The van der Waals surface area contributed by atoms with Crippen LogP contribution < -0.4 is 10.6 Å². The Morgan fingerprint density at radius 2 is 2.06 bits per heavy atom. The van der Waals surface area contributed by atoms with Crippen molar-refractivity contribution >= 4 is 40.8 Å². The van der Waals surface area contributed by atoms with E-state index in [-0.39, 0.29) is 30.3 Å². The lowest BCUT2D eigenvalue weighted by atomic mass is 10.2. The fraction of sp³-hybridized carbons (Fsp3) is 0.476. The van der Waals surface area contributed by atoms with Crippen LogP contribution >= 0.6 is 23.2 Å². The summed E-state index contributed by atoms with van der Waals surface area (Å²) in [5, 5.41) is 10.3. The van der Waals surface area contributed by atoms with Crippen molar-refractivity contribution in [1.29, 1.82) is 0 Å². The maximum Gasteiger partial charge on any atom is 0.228 e. The van der Waals surface area contributed by atoms with Gasteiger partial charge in [0.05, 0.1) is 29.2 Å². The van der Waals surface area contributed by atoms with Gasteiger partial charge in [-0.2, -0.15) is 0 Å². The smallest absolute Gasteiger partial charge is 0.228 e. The molecule has 2 aromatic rings. The molecule has 1 aromatic carbocycles. The number of morpholine rings is 1. The van der Waals surface area contributed by atoms with Crippen LogP contribution in [0.5, 0.6) is 0 Å². The molecule has 8 nitrogen and oxygen atoms in total. The van der Waals surface area contributed by atoms with Crippen LogP contribution in [0.25, 0.3) is 0 Å². The first-order chi connectivity index (χ1) is 14.8. The number of hydrogen-bond donors (Lipinski definition) is 2. The van der Waals surface area contributed by atoms with Crippen molar-refractivity contribution in [3.05, 3.63) is 45.6 Å². The molecule has 2 amide bonds. The summed E-state index contributed by atoms with van der Waals surface area (Å²) in [5.41, 5.74) is 1.07. The molecule has 31 heavy (non-hydrogen) atoms. The van der Waals surface area contributed by atoms with Crippen LogP contribution in [0.15, 0.2) is 28.8 Å². The summed E-state index contributed by atoms with van der Waals surface area (Å²) in [6, 6.07) is 7.16. The van der Waals surface area contributed by atoms with E-state index in [4.69, 9.17) is 32.5 Å². The van der Waals surface area contributed by atoms with E-state index in [1.54, 1.807) is 26.0 Å². The fourth-order valence-corrected chi connectivity index (χ4v) is 3.44.